The third-order valence-corrected chi connectivity index (χ3v) is 3.63. The molecule has 0 saturated carbocycles. The van der Waals surface area contributed by atoms with Gasteiger partial charge in [-0.05, 0) is 22.9 Å². The molecule has 0 aliphatic rings. The molecule has 0 aromatic heterocycles. The molecule has 0 unspecified atom stereocenters. The van der Waals surface area contributed by atoms with Crippen LogP contribution in [0.5, 0.6) is 5.75 Å². The summed E-state index contributed by atoms with van der Waals surface area (Å²) in [5, 5.41) is 16.7. The average molecular weight is 349 g/mol. The first kappa shape index (κ1) is 17.1. The topological polar surface area (TPSA) is 93.8 Å². The van der Waals surface area contributed by atoms with E-state index in [0.717, 1.165) is 16.3 Å². The highest BCUT2D eigenvalue weighted by Crippen LogP contribution is 2.17. The predicted octanol–water partition coefficient (Wildman–Crippen LogP) is 3.28. The first-order chi connectivity index (χ1) is 12.6. The summed E-state index contributed by atoms with van der Waals surface area (Å²) in [6.07, 6.45) is 1.58. The van der Waals surface area contributed by atoms with Gasteiger partial charge in [0, 0.05) is 17.7 Å². The second-order valence-electron chi connectivity index (χ2n) is 5.40. The maximum atomic E-state index is 11.8. The molecule has 1 amide bonds. The molecule has 130 valence electrons. The van der Waals surface area contributed by atoms with Crippen LogP contribution < -0.4 is 10.2 Å². The fraction of sp³-hybridized carbons (Fsp3) is 0.0526. The third-order valence-electron chi connectivity index (χ3n) is 3.63. The van der Waals surface area contributed by atoms with Gasteiger partial charge >= 0.3 is 0 Å². The van der Waals surface area contributed by atoms with Crippen LogP contribution in [-0.2, 0) is 4.79 Å². The van der Waals surface area contributed by atoms with Crippen LogP contribution in [0.15, 0.2) is 71.8 Å². The summed E-state index contributed by atoms with van der Waals surface area (Å²) in [6.45, 7) is -0.245. The number of amides is 1. The molecular formula is C19H15N3O4. The quantitative estimate of drug-likeness (QED) is 0.420. The number of nitro benzene ring substituents is 1. The average Bonchev–Trinajstić information content (AvgIpc) is 2.67. The molecule has 7 heteroatoms. The minimum atomic E-state index is -0.502. The van der Waals surface area contributed by atoms with Crippen molar-refractivity contribution in [3.8, 4) is 5.75 Å². The van der Waals surface area contributed by atoms with Crippen molar-refractivity contribution in [3.05, 3.63) is 82.4 Å². The molecule has 26 heavy (non-hydrogen) atoms. The Morgan fingerprint density at radius 1 is 1.08 bits per heavy atom. The van der Waals surface area contributed by atoms with Crippen molar-refractivity contribution in [1.82, 2.24) is 5.43 Å². The van der Waals surface area contributed by atoms with E-state index in [1.165, 1.54) is 24.3 Å². The number of non-ortho nitro benzene ring substituents is 1. The Morgan fingerprint density at radius 2 is 1.81 bits per heavy atom. The SMILES string of the molecule is O=C(COc1ccc([N+](=O)[O-])cc1)N/N=C/c1cccc2ccccc12. The van der Waals surface area contributed by atoms with Crippen molar-refractivity contribution >= 4 is 28.6 Å². The standard InChI is InChI=1S/C19H15N3O4/c23-19(13-26-17-10-8-16(9-11-17)22(24)25)21-20-12-15-6-3-5-14-4-1-2-7-18(14)15/h1-12H,13H2,(H,21,23)/b20-12+. The summed E-state index contributed by atoms with van der Waals surface area (Å²) >= 11 is 0. The van der Waals surface area contributed by atoms with Crippen molar-refractivity contribution in [2.45, 2.75) is 0 Å². The second kappa shape index (κ2) is 7.89. The number of hydrazone groups is 1. The van der Waals surface area contributed by atoms with Crippen molar-refractivity contribution in [2.75, 3.05) is 6.61 Å². The van der Waals surface area contributed by atoms with Crippen molar-refractivity contribution in [1.29, 1.82) is 0 Å². The van der Waals surface area contributed by atoms with Gasteiger partial charge in [-0.25, -0.2) is 5.43 Å². The Balaban J connectivity index is 1.55. The maximum absolute atomic E-state index is 11.8. The first-order valence-corrected chi connectivity index (χ1v) is 7.80. The number of rotatable bonds is 6. The molecule has 0 aliphatic carbocycles. The minimum Gasteiger partial charge on any atom is -0.484 e. The lowest BCUT2D eigenvalue weighted by atomic mass is 10.1. The Kier molecular flexibility index (Phi) is 5.19. The van der Waals surface area contributed by atoms with Crippen LogP contribution in [0.1, 0.15) is 5.56 Å². The number of fused-ring (bicyclic) bond motifs is 1. The van der Waals surface area contributed by atoms with E-state index in [2.05, 4.69) is 10.5 Å². The Morgan fingerprint density at radius 3 is 2.58 bits per heavy atom. The zero-order valence-corrected chi connectivity index (χ0v) is 13.7. The van der Waals surface area contributed by atoms with Gasteiger partial charge < -0.3 is 4.74 Å². The highest BCUT2D eigenvalue weighted by atomic mass is 16.6. The number of ether oxygens (including phenoxy) is 1. The van der Waals surface area contributed by atoms with Gasteiger partial charge in [-0.15, -0.1) is 0 Å². The molecule has 0 fully saturated rings. The molecule has 0 heterocycles. The number of hydrogen-bond acceptors (Lipinski definition) is 5. The molecule has 7 nitrogen and oxygen atoms in total. The van der Waals surface area contributed by atoms with Gasteiger partial charge in [-0.1, -0.05) is 42.5 Å². The highest BCUT2D eigenvalue weighted by molar-refractivity contribution is 5.99. The van der Waals surface area contributed by atoms with E-state index in [4.69, 9.17) is 4.74 Å². The Hall–Kier alpha value is -3.74. The summed E-state index contributed by atoms with van der Waals surface area (Å²) < 4.78 is 5.27. The lowest BCUT2D eigenvalue weighted by Crippen LogP contribution is -2.24. The molecule has 0 bridgehead atoms. The van der Waals surface area contributed by atoms with Gasteiger partial charge in [-0.2, -0.15) is 5.10 Å². The number of carbonyl (C=O) groups excluding carboxylic acids is 1. The fourth-order valence-corrected chi connectivity index (χ4v) is 2.38. The third kappa shape index (κ3) is 4.21. The molecular weight excluding hydrogens is 334 g/mol. The number of benzene rings is 3. The summed E-state index contributed by atoms with van der Waals surface area (Å²) in [5.41, 5.74) is 3.24. The Bertz CT molecular complexity index is 963. The normalized spacial score (nSPS) is 10.8. The second-order valence-corrected chi connectivity index (χ2v) is 5.40. The number of nitro groups is 1. The lowest BCUT2D eigenvalue weighted by molar-refractivity contribution is -0.384. The molecule has 3 aromatic carbocycles. The molecule has 0 aliphatic heterocycles. The summed E-state index contributed by atoms with van der Waals surface area (Å²) in [4.78, 5) is 21.9. The van der Waals surface area contributed by atoms with E-state index in [1.807, 2.05) is 42.5 Å². The largest absolute Gasteiger partial charge is 0.484 e. The van der Waals surface area contributed by atoms with Crippen LogP contribution in [0.3, 0.4) is 0 Å². The molecule has 3 aromatic rings. The summed E-state index contributed by atoms with van der Waals surface area (Å²) in [7, 11) is 0. The fourth-order valence-electron chi connectivity index (χ4n) is 2.38. The molecule has 0 radical (unpaired) electrons. The van der Waals surface area contributed by atoms with E-state index < -0.39 is 10.8 Å². The van der Waals surface area contributed by atoms with E-state index in [-0.39, 0.29) is 12.3 Å². The van der Waals surface area contributed by atoms with Gasteiger partial charge in [-0.3, -0.25) is 14.9 Å². The van der Waals surface area contributed by atoms with Gasteiger partial charge in [0.05, 0.1) is 11.1 Å². The van der Waals surface area contributed by atoms with Crippen LogP contribution in [0.25, 0.3) is 10.8 Å². The molecule has 1 N–H and O–H groups in total. The maximum Gasteiger partial charge on any atom is 0.277 e. The first-order valence-electron chi connectivity index (χ1n) is 7.80. The zero-order valence-electron chi connectivity index (χ0n) is 13.7. The Labute approximate surface area is 149 Å². The van der Waals surface area contributed by atoms with Gasteiger partial charge in [0.25, 0.3) is 11.6 Å². The van der Waals surface area contributed by atoms with Crippen molar-refractivity contribution in [3.63, 3.8) is 0 Å². The number of carbonyl (C=O) groups is 1. The monoisotopic (exact) mass is 349 g/mol. The van der Waals surface area contributed by atoms with E-state index >= 15 is 0 Å². The van der Waals surface area contributed by atoms with Gasteiger partial charge in [0.15, 0.2) is 6.61 Å². The van der Waals surface area contributed by atoms with E-state index in [0.29, 0.717) is 5.75 Å². The van der Waals surface area contributed by atoms with E-state index in [1.54, 1.807) is 6.21 Å². The smallest absolute Gasteiger partial charge is 0.277 e. The van der Waals surface area contributed by atoms with Crippen LogP contribution in [0.4, 0.5) is 5.69 Å². The van der Waals surface area contributed by atoms with Gasteiger partial charge in [0.2, 0.25) is 0 Å². The zero-order chi connectivity index (χ0) is 18.4. The van der Waals surface area contributed by atoms with Crippen LogP contribution >= 0.6 is 0 Å². The van der Waals surface area contributed by atoms with Crippen molar-refractivity contribution < 1.29 is 14.5 Å². The molecule has 0 saturated heterocycles. The van der Waals surface area contributed by atoms with Gasteiger partial charge in [0.1, 0.15) is 5.75 Å². The molecule has 0 atom stereocenters. The van der Waals surface area contributed by atoms with Crippen LogP contribution in [0.2, 0.25) is 0 Å². The predicted molar refractivity (Wildman–Crippen MR) is 98.3 cm³/mol. The minimum absolute atomic E-state index is 0.0403. The lowest BCUT2D eigenvalue weighted by Gasteiger charge is -2.05. The van der Waals surface area contributed by atoms with E-state index in [9.17, 15) is 14.9 Å². The van der Waals surface area contributed by atoms with Crippen molar-refractivity contribution in [2.24, 2.45) is 5.10 Å². The summed E-state index contributed by atoms with van der Waals surface area (Å²) in [6, 6.07) is 19.2. The number of nitrogens with zero attached hydrogens (tertiary/aromatic N) is 2. The molecule has 0 spiro atoms. The summed E-state index contributed by atoms with van der Waals surface area (Å²) in [5.74, 6) is -0.0661. The van der Waals surface area contributed by atoms with Crippen LogP contribution in [0, 0.1) is 10.1 Å². The molecule has 3 rings (SSSR count). The number of nitrogens with one attached hydrogen (secondary N) is 1. The van der Waals surface area contributed by atoms with Crippen LogP contribution in [-0.4, -0.2) is 23.7 Å². The number of hydrogen-bond donors (Lipinski definition) is 1. The highest BCUT2D eigenvalue weighted by Gasteiger charge is 2.06.